The summed E-state index contributed by atoms with van der Waals surface area (Å²) < 4.78 is 11.6. The highest BCUT2D eigenvalue weighted by Crippen LogP contribution is 2.47. The summed E-state index contributed by atoms with van der Waals surface area (Å²) in [6.07, 6.45) is 4.01. The van der Waals surface area contributed by atoms with Gasteiger partial charge in [-0.05, 0) is 30.9 Å². The molecule has 0 bridgehead atoms. The number of ether oxygens (including phenoxy) is 2. The number of hydrogen-bond acceptors (Lipinski definition) is 4. The van der Waals surface area contributed by atoms with Crippen LogP contribution in [0.5, 0.6) is 0 Å². The van der Waals surface area contributed by atoms with Crippen LogP contribution in [0.25, 0.3) is 0 Å². The van der Waals surface area contributed by atoms with Crippen molar-refractivity contribution >= 4 is 11.8 Å². The van der Waals surface area contributed by atoms with Gasteiger partial charge < -0.3 is 14.6 Å². The van der Waals surface area contributed by atoms with Gasteiger partial charge >= 0.3 is 0 Å². The van der Waals surface area contributed by atoms with Gasteiger partial charge in [0.25, 0.3) is 0 Å². The average molecular weight is 272 g/mol. The second kappa shape index (κ2) is 4.97. The quantitative estimate of drug-likeness (QED) is 0.793. The lowest BCUT2D eigenvalue weighted by atomic mass is 9.68. The fourth-order valence-corrected chi connectivity index (χ4v) is 5.19. The van der Waals surface area contributed by atoms with E-state index >= 15 is 0 Å². The summed E-state index contributed by atoms with van der Waals surface area (Å²) >= 11 is 2.00. The fourth-order valence-electron chi connectivity index (χ4n) is 3.81. The van der Waals surface area contributed by atoms with E-state index in [1.807, 2.05) is 11.8 Å². The molecule has 0 amide bonds. The van der Waals surface area contributed by atoms with Crippen molar-refractivity contribution in [3.05, 3.63) is 0 Å². The molecule has 4 unspecified atom stereocenters. The van der Waals surface area contributed by atoms with Gasteiger partial charge in [0.2, 0.25) is 0 Å². The lowest BCUT2D eigenvalue weighted by Crippen LogP contribution is -2.54. The zero-order valence-electron chi connectivity index (χ0n) is 11.2. The van der Waals surface area contributed by atoms with Crippen LogP contribution in [0, 0.1) is 11.8 Å². The number of thioether (sulfide) groups is 1. The van der Waals surface area contributed by atoms with Gasteiger partial charge in [0.05, 0.1) is 17.8 Å². The molecule has 3 saturated heterocycles. The van der Waals surface area contributed by atoms with Crippen LogP contribution in [0.15, 0.2) is 0 Å². The molecule has 0 aromatic rings. The fraction of sp³-hybridized carbons (Fsp3) is 1.00. The molecular formula is C14H24O3S. The van der Waals surface area contributed by atoms with Crippen molar-refractivity contribution in [3.63, 3.8) is 0 Å². The van der Waals surface area contributed by atoms with E-state index in [1.54, 1.807) is 0 Å². The van der Waals surface area contributed by atoms with Crippen LogP contribution in [0.4, 0.5) is 0 Å². The Kier molecular flexibility index (Phi) is 3.65. The van der Waals surface area contributed by atoms with E-state index in [-0.39, 0.29) is 11.5 Å². The highest BCUT2D eigenvalue weighted by molar-refractivity contribution is 7.99. The highest BCUT2D eigenvalue weighted by Gasteiger charge is 2.50. The van der Waals surface area contributed by atoms with Crippen molar-refractivity contribution in [1.82, 2.24) is 0 Å². The Bertz CT molecular complexity index is 303. The molecule has 104 valence electrons. The molecule has 3 aliphatic rings. The zero-order valence-corrected chi connectivity index (χ0v) is 12.0. The Balaban J connectivity index is 1.74. The Hall–Kier alpha value is 0.230. The standard InChI is InChI=1S/C14H24O3S/c1-11-9-16-6-3-14(11,15)12-2-5-17-13(8-12)4-7-18-10-13/h11-12,15H,2-10H2,1H3. The highest BCUT2D eigenvalue weighted by atomic mass is 32.2. The van der Waals surface area contributed by atoms with E-state index in [0.29, 0.717) is 19.1 Å². The predicted octanol–water partition coefficient (Wildman–Crippen LogP) is 2.08. The van der Waals surface area contributed by atoms with Gasteiger partial charge in [-0.1, -0.05) is 6.92 Å². The smallest absolute Gasteiger partial charge is 0.0784 e. The summed E-state index contributed by atoms with van der Waals surface area (Å²) in [4.78, 5) is 0. The molecule has 1 spiro atoms. The molecule has 3 nitrogen and oxygen atoms in total. The first kappa shape index (κ1) is 13.2. The van der Waals surface area contributed by atoms with Crippen molar-refractivity contribution < 1.29 is 14.6 Å². The summed E-state index contributed by atoms with van der Waals surface area (Å²) in [5.41, 5.74) is -0.455. The number of hydrogen-bond donors (Lipinski definition) is 1. The molecule has 1 N–H and O–H groups in total. The monoisotopic (exact) mass is 272 g/mol. The van der Waals surface area contributed by atoms with Crippen molar-refractivity contribution in [2.75, 3.05) is 31.3 Å². The summed E-state index contributed by atoms with van der Waals surface area (Å²) in [6.45, 7) is 4.36. The van der Waals surface area contributed by atoms with E-state index in [0.717, 1.165) is 38.0 Å². The van der Waals surface area contributed by atoms with Crippen LogP contribution >= 0.6 is 11.8 Å². The molecule has 3 fully saturated rings. The minimum Gasteiger partial charge on any atom is -0.389 e. The predicted molar refractivity (Wildman–Crippen MR) is 72.9 cm³/mol. The van der Waals surface area contributed by atoms with Crippen LogP contribution in [0.2, 0.25) is 0 Å². The maximum atomic E-state index is 11.1. The van der Waals surface area contributed by atoms with Gasteiger partial charge in [-0.2, -0.15) is 11.8 Å². The molecule has 3 heterocycles. The summed E-state index contributed by atoms with van der Waals surface area (Å²) in [6, 6.07) is 0. The average Bonchev–Trinajstić information content (AvgIpc) is 2.81. The lowest BCUT2D eigenvalue weighted by Gasteiger charge is -2.49. The Labute approximate surface area is 114 Å². The molecule has 4 heteroatoms. The molecule has 18 heavy (non-hydrogen) atoms. The minimum atomic E-state index is -0.526. The molecule has 4 atom stereocenters. The molecule has 0 aromatic heterocycles. The summed E-state index contributed by atoms with van der Waals surface area (Å²) in [5.74, 6) is 2.97. The second-order valence-electron chi connectivity index (χ2n) is 6.24. The molecule has 3 aliphatic heterocycles. The maximum Gasteiger partial charge on any atom is 0.0784 e. The van der Waals surface area contributed by atoms with Gasteiger partial charge in [-0.15, -0.1) is 0 Å². The Morgan fingerprint density at radius 2 is 2.17 bits per heavy atom. The van der Waals surface area contributed by atoms with Crippen LogP contribution < -0.4 is 0 Å². The third-order valence-electron chi connectivity index (χ3n) is 5.14. The SMILES string of the molecule is CC1COCCC1(O)C1CCOC2(CCSC2)C1. The first-order valence-electron chi connectivity index (χ1n) is 7.16. The van der Waals surface area contributed by atoms with Gasteiger partial charge in [0.15, 0.2) is 0 Å². The Morgan fingerprint density at radius 1 is 1.28 bits per heavy atom. The van der Waals surface area contributed by atoms with Crippen LogP contribution in [0.1, 0.15) is 32.6 Å². The van der Waals surface area contributed by atoms with Crippen LogP contribution in [-0.2, 0) is 9.47 Å². The number of rotatable bonds is 1. The van der Waals surface area contributed by atoms with Crippen molar-refractivity contribution in [1.29, 1.82) is 0 Å². The molecule has 3 rings (SSSR count). The zero-order chi connectivity index (χ0) is 12.6. The van der Waals surface area contributed by atoms with Crippen molar-refractivity contribution in [2.24, 2.45) is 11.8 Å². The largest absolute Gasteiger partial charge is 0.389 e. The van der Waals surface area contributed by atoms with E-state index in [9.17, 15) is 5.11 Å². The molecule has 0 aliphatic carbocycles. The van der Waals surface area contributed by atoms with E-state index < -0.39 is 5.60 Å². The summed E-state index contributed by atoms with van der Waals surface area (Å²) in [5, 5.41) is 11.1. The lowest BCUT2D eigenvalue weighted by molar-refractivity contribution is -0.182. The van der Waals surface area contributed by atoms with E-state index in [2.05, 4.69) is 6.92 Å². The van der Waals surface area contributed by atoms with Crippen molar-refractivity contribution in [2.45, 2.75) is 43.8 Å². The van der Waals surface area contributed by atoms with Gasteiger partial charge in [-0.25, -0.2) is 0 Å². The maximum absolute atomic E-state index is 11.1. The van der Waals surface area contributed by atoms with E-state index in [4.69, 9.17) is 9.47 Å². The number of aliphatic hydroxyl groups is 1. The third-order valence-corrected chi connectivity index (χ3v) is 6.36. The topological polar surface area (TPSA) is 38.7 Å². The first-order chi connectivity index (χ1) is 8.65. The molecular weight excluding hydrogens is 248 g/mol. The molecule has 0 radical (unpaired) electrons. The summed E-state index contributed by atoms with van der Waals surface area (Å²) in [7, 11) is 0. The second-order valence-corrected chi connectivity index (χ2v) is 7.35. The third kappa shape index (κ3) is 2.21. The van der Waals surface area contributed by atoms with Gasteiger partial charge in [-0.3, -0.25) is 0 Å². The van der Waals surface area contributed by atoms with Crippen LogP contribution in [0.3, 0.4) is 0 Å². The van der Waals surface area contributed by atoms with Gasteiger partial charge in [0.1, 0.15) is 0 Å². The Morgan fingerprint density at radius 3 is 2.89 bits per heavy atom. The van der Waals surface area contributed by atoms with Crippen LogP contribution in [-0.4, -0.2) is 47.6 Å². The molecule has 0 saturated carbocycles. The molecule has 0 aromatic carbocycles. The first-order valence-corrected chi connectivity index (χ1v) is 8.32. The van der Waals surface area contributed by atoms with Gasteiger partial charge in [0, 0.05) is 31.3 Å². The van der Waals surface area contributed by atoms with Crippen molar-refractivity contribution in [3.8, 4) is 0 Å². The van der Waals surface area contributed by atoms with E-state index in [1.165, 1.54) is 5.75 Å². The normalized spacial score (nSPS) is 49.7. The minimum absolute atomic E-state index is 0.0708.